The third-order valence-corrected chi connectivity index (χ3v) is 5.96. The van der Waals surface area contributed by atoms with Crippen LogP contribution in [0, 0.1) is 6.92 Å². The molecule has 0 saturated heterocycles. The third kappa shape index (κ3) is 4.43. The van der Waals surface area contributed by atoms with Gasteiger partial charge in [0, 0.05) is 31.5 Å². The average Bonchev–Trinajstić information content (AvgIpc) is 3.25. The number of hydrogen-bond acceptors (Lipinski definition) is 3. The molecule has 3 amide bonds. The Morgan fingerprint density at radius 2 is 1.88 bits per heavy atom. The summed E-state index contributed by atoms with van der Waals surface area (Å²) in [5.41, 5.74) is 6.51. The van der Waals surface area contributed by atoms with E-state index in [1.807, 2.05) is 66.6 Å². The molecular formula is C26H25N5O2. The molecule has 2 N–H and O–H groups in total. The summed E-state index contributed by atoms with van der Waals surface area (Å²) in [6, 6.07) is 19.4. The van der Waals surface area contributed by atoms with Gasteiger partial charge in [-0.2, -0.15) is 5.10 Å². The number of anilines is 1. The first kappa shape index (κ1) is 20.8. The van der Waals surface area contributed by atoms with Gasteiger partial charge in [0.25, 0.3) is 5.91 Å². The minimum atomic E-state index is -0.280. The maximum Gasteiger partial charge on any atom is 0.319 e. The van der Waals surface area contributed by atoms with E-state index >= 15 is 0 Å². The first-order valence-corrected chi connectivity index (χ1v) is 11.0. The Balaban J connectivity index is 1.29. The van der Waals surface area contributed by atoms with E-state index in [4.69, 9.17) is 0 Å². The second-order valence-corrected chi connectivity index (χ2v) is 8.35. The van der Waals surface area contributed by atoms with Gasteiger partial charge in [-0.25, -0.2) is 9.31 Å². The number of amides is 3. The second-order valence-electron chi connectivity index (χ2n) is 8.35. The maximum absolute atomic E-state index is 13.3. The molecule has 0 aliphatic carbocycles. The normalized spacial score (nSPS) is 12.9. The predicted molar refractivity (Wildman–Crippen MR) is 127 cm³/mol. The largest absolute Gasteiger partial charge is 0.334 e. The van der Waals surface area contributed by atoms with E-state index in [-0.39, 0.29) is 11.9 Å². The molecule has 2 aromatic carbocycles. The van der Waals surface area contributed by atoms with E-state index in [1.165, 1.54) is 11.1 Å². The molecule has 2 aromatic heterocycles. The highest BCUT2D eigenvalue weighted by molar-refractivity contribution is 6.00. The van der Waals surface area contributed by atoms with Crippen LogP contribution in [0.4, 0.5) is 10.5 Å². The maximum atomic E-state index is 13.3. The molecule has 5 rings (SSSR count). The summed E-state index contributed by atoms with van der Waals surface area (Å²) in [4.78, 5) is 27.5. The number of aromatic nitrogens is 2. The SMILES string of the molecule is Cc1cccc(NC(=O)NCc2ccn3ncc(C(=O)N4CCc5ccccc5C4)c3c2)c1. The standard InChI is InChI=1S/C26H25N5O2/c1-18-5-4-8-22(13-18)29-26(33)27-15-19-9-12-31-24(14-19)23(16-28-31)25(32)30-11-10-20-6-2-3-7-21(20)17-30/h2-9,12-14,16H,10-11,15,17H2,1H3,(H2,27,29,33). The smallest absolute Gasteiger partial charge is 0.319 e. The number of hydrogen-bond donors (Lipinski definition) is 2. The molecule has 0 fully saturated rings. The molecule has 7 nitrogen and oxygen atoms in total. The topological polar surface area (TPSA) is 78.7 Å². The fraction of sp³-hybridized carbons (Fsp3) is 0.192. The van der Waals surface area contributed by atoms with Gasteiger partial charge in [0.1, 0.15) is 0 Å². The molecule has 1 aliphatic rings. The lowest BCUT2D eigenvalue weighted by Gasteiger charge is -2.28. The van der Waals surface area contributed by atoms with Crippen molar-refractivity contribution in [3.63, 3.8) is 0 Å². The summed E-state index contributed by atoms with van der Waals surface area (Å²) < 4.78 is 1.70. The predicted octanol–water partition coefficient (Wildman–Crippen LogP) is 4.16. The summed E-state index contributed by atoms with van der Waals surface area (Å²) in [6.07, 6.45) is 4.29. The summed E-state index contributed by atoms with van der Waals surface area (Å²) in [7, 11) is 0. The zero-order chi connectivity index (χ0) is 22.8. The quantitative estimate of drug-likeness (QED) is 0.501. The van der Waals surface area contributed by atoms with Crippen LogP contribution in [-0.4, -0.2) is 33.0 Å². The molecule has 3 heterocycles. The van der Waals surface area contributed by atoms with E-state index in [0.717, 1.165) is 28.8 Å². The van der Waals surface area contributed by atoms with Crippen LogP contribution < -0.4 is 10.6 Å². The zero-order valence-corrected chi connectivity index (χ0v) is 18.4. The van der Waals surface area contributed by atoms with Crippen molar-refractivity contribution >= 4 is 23.1 Å². The molecule has 0 bridgehead atoms. The number of aryl methyl sites for hydroxylation is 1. The van der Waals surface area contributed by atoms with Crippen LogP contribution in [0.2, 0.25) is 0 Å². The summed E-state index contributed by atoms with van der Waals surface area (Å²) in [5, 5.41) is 10.1. The van der Waals surface area contributed by atoms with Gasteiger partial charge in [-0.3, -0.25) is 4.79 Å². The highest BCUT2D eigenvalue weighted by Crippen LogP contribution is 2.22. The van der Waals surface area contributed by atoms with E-state index in [0.29, 0.717) is 25.2 Å². The van der Waals surface area contributed by atoms with Crippen LogP contribution in [-0.2, 0) is 19.5 Å². The number of carbonyl (C=O) groups is 2. The van der Waals surface area contributed by atoms with E-state index in [9.17, 15) is 9.59 Å². The number of nitrogens with zero attached hydrogens (tertiary/aromatic N) is 3. The Labute approximate surface area is 192 Å². The number of urea groups is 1. The Kier molecular flexibility index (Phi) is 5.52. The fourth-order valence-electron chi connectivity index (χ4n) is 4.22. The lowest BCUT2D eigenvalue weighted by atomic mass is 9.99. The molecule has 0 unspecified atom stereocenters. The van der Waals surface area contributed by atoms with Gasteiger partial charge < -0.3 is 15.5 Å². The monoisotopic (exact) mass is 439 g/mol. The van der Waals surface area contributed by atoms with Crippen molar-refractivity contribution in [2.45, 2.75) is 26.4 Å². The first-order chi connectivity index (χ1) is 16.1. The van der Waals surface area contributed by atoms with Crippen LogP contribution in [0.15, 0.2) is 73.1 Å². The van der Waals surface area contributed by atoms with Crippen LogP contribution in [0.1, 0.15) is 32.6 Å². The van der Waals surface area contributed by atoms with Gasteiger partial charge >= 0.3 is 6.03 Å². The molecule has 0 atom stereocenters. The summed E-state index contributed by atoms with van der Waals surface area (Å²) >= 11 is 0. The highest BCUT2D eigenvalue weighted by Gasteiger charge is 2.24. The van der Waals surface area contributed by atoms with Gasteiger partial charge in [0.2, 0.25) is 0 Å². The highest BCUT2D eigenvalue weighted by atomic mass is 16.2. The van der Waals surface area contributed by atoms with Gasteiger partial charge in [-0.1, -0.05) is 36.4 Å². The minimum Gasteiger partial charge on any atom is -0.334 e. The number of nitrogens with one attached hydrogen (secondary N) is 2. The Morgan fingerprint density at radius 3 is 2.73 bits per heavy atom. The van der Waals surface area contributed by atoms with Crippen molar-refractivity contribution in [3.05, 3.63) is 101 Å². The molecule has 7 heteroatoms. The zero-order valence-electron chi connectivity index (χ0n) is 18.4. The number of fused-ring (bicyclic) bond motifs is 2. The van der Waals surface area contributed by atoms with Gasteiger partial charge in [-0.15, -0.1) is 0 Å². The van der Waals surface area contributed by atoms with E-state index in [1.54, 1.807) is 10.7 Å². The fourth-order valence-corrected chi connectivity index (χ4v) is 4.22. The number of pyridine rings is 1. The van der Waals surface area contributed by atoms with E-state index < -0.39 is 0 Å². The Bertz CT molecular complexity index is 1340. The molecule has 0 spiro atoms. The summed E-state index contributed by atoms with van der Waals surface area (Å²) in [5.74, 6) is -0.0261. The molecular weight excluding hydrogens is 414 g/mol. The number of carbonyl (C=O) groups excluding carboxylic acids is 2. The molecule has 1 aliphatic heterocycles. The van der Waals surface area contributed by atoms with Gasteiger partial charge in [0.15, 0.2) is 0 Å². The van der Waals surface area contributed by atoms with Gasteiger partial charge in [0.05, 0.1) is 17.3 Å². The van der Waals surface area contributed by atoms with Crippen LogP contribution in [0.3, 0.4) is 0 Å². The molecule has 0 saturated carbocycles. The molecule has 33 heavy (non-hydrogen) atoms. The lowest BCUT2D eigenvalue weighted by Crippen LogP contribution is -2.35. The molecule has 4 aromatic rings. The van der Waals surface area contributed by atoms with Crippen LogP contribution >= 0.6 is 0 Å². The lowest BCUT2D eigenvalue weighted by molar-refractivity contribution is 0.0736. The van der Waals surface area contributed by atoms with Crippen molar-refractivity contribution in [1.82, 2.24) is 19.8 Å². The third-order valence-electron chi connectivity index (χ3n) is 5.96. The van der Waals surface area contributed by atoms with Crippen LogP contribution in [0.5, 0.6) is 0 Å². The van der Waals surface area contributed by atoms with Crippen molar-refractivity contribution in [3.8, 4) is 0 Å². The number of benzene rings is 2. The van der Waals surface area contributed by atoms with Crippen molar-refractivity contribution < 1.29 is 9.59 Å². The Morgan fingerprint density at radius 1 is 1.03 bits per heavy atom. The average molecular weight is 440 g/mol. The minimum absolute atomic E-state index is 0.0261. The second kappa shape index (κ2) is 8.78. The summed E-state index contributed by atoms with van der Waals surface area (Å²) in [6.45, 7) is 3.61. The van der Waals surface area contributed by atoms with E-state index in [2.05, 4.69) is 27.9 Å². The molecule has 0 radical (unpaired) electrons. The van der Waals surface area contributed by atoms with Crippen LogP contribution in [0.25, 0.3) is 5.52 Å². The Hall–Kier alpha value is -4.13. The van der Waals surface area contributed by atoms with Crippen molar-refractivity contribution in [1.29, 1.82) is 0 Å². The van der Waals surface area contributed by atoms with Crippen molar-refractivity contribution in [2.24, 2.45) is 0 Å². The number of rotatable bonds is 4. The molecule has 166 valence electrons. The van der Waals surface area contributed by atoms with Gasteiger partial charge in [-0.05, 0) is 59.9 Å². The first-order valence-electron chi connectivity index (χ1n) is 11.0. The van der Waals surface area contributed by atoms with Crippen molar-refractivity contribution in [2.75, 3.05) is 11.9 Å².